The second-order valence-corrected chi connectivity index (χ2v) is 7.92. The molecule has 1 aliphatic carbocycles. The SMILES string of the molecule is O=C(NCc1n[nH]c(=S)n1C1CC1)c1ccc(CNC(=O)c2cccs2)cc1. The van der Waals surface area contributed by atoms with E-state index in [1.54, 1.807) is 18.2 Å². The maximum absolute atomic E-state index is 12.4. The van der Waals surface area contributed by atoms with Gasteiger partial charge in [0.1, 0.15) is 0 Å². The molecule has 9 heteroatoms. The fourth-order valence-corrected chi connectivity index (χ4v) is 3.82. The van der Waals surface area contributed by atoms with E-state index in [0.717, 1.165) is 24.2 Å². The number of carbonyl (C=O) groups is 2. The van der Waals surface area contributed by atoms with Crippen molar-refractivity contribution in [1.82, 2.24) is 25.4 Å². The number of carbonyl (C=O) groups excluding carboxylic acids is 2. The van der Waals surface area contributed by atoms with Gasteiger partial charge in [0.25, 0.3) is 11.8 Å². The number of benzene rings is 1. The normalized spacial score (nSPS) is 13.3. The Morgan fingerprint density at radius 3 is 2.57 bits per heavy atom. The zero-order valence-corrected chi connectivity index (χ0v) is 16.6. The van der Waals surface area contributed by atoms with Gasteiger partial charge in [0, 0.05) is 18.2 Å². The first-order chi connectivity index (χ1) is 13.6. The largest absolute Gasteiger partial charge is 0.347 e. The van der Waals surface area contributed by atoms with Crippen LogP contribution >= 0.6 is 23.6 Å². The highest BCUT2D eigenvalue weighted by atomic mass is 32.1. The quantitative estimate of drug-likeness (QED) is 0.519. The summed E-state index contributed by atoms with van der Waals surface area (Å²) in [6.07, 6.45) is 2.19. The van der Waals surface area contributed by atoms with Gasteiger partial charge in [-0.1, -0.05) is 18.2 Å². The molecule has 7 nitrogen and oxygen atoms in total. The molecule has 0 atom stereocenters. The maximum Gasteiger partial charge on any atom is 0.261 e. The van der Waals surface area contributed by atoms with Gasteiger partial charge in [-0.25, -0.2) is 0 Å². The van der Waals surface area contributed by atoms with Gasteiger partial charge in [0.05, 0.1) is 11.4 Å². The van der Waals surface area contributed by atoms with Crippen LogP contribution in [0.5, 0.6) is 0 Å². The Morgan fingerprint density at radius 2 is 1.89 bits per heavy atom. The van der Waals surface area contributed by atoms with Crippen LogP contribution in [0.25, 0.3) is 0 Å². The van der Waals surface area contributed by atoms with Gasteiger partial charge in [0.15, 0.2) is 10.6 Å². The van der Waals surface area contributed by atoms with E-state index in [-0.39, 0.29) is 11.8 Å². The van der Waals surface area contributed by atoms with Crippen molar-refractivity contribution in [2.45, 2.75) is 32.0 Å². The van der Waals surface area contributed by atoms with E-state index in [4.69, 9.17) is 12.2 Å². The number of nitrogens with zero attached hydrogens (tertiary/aromatic N) is 2. The molecular formula is C19H19N5O2S2. The fraction of sp³-hybridized carbons (Fsp3) is 0.263. The number of thiophene rings is 1. The summed E-state index contributed by atoms with van der Waals surface area (Å²) in [5.41, 5.74) is 1.48. The number of aromatic amines is 1. The van der Waals surface area contributed by atoms with Crippen LogP contribution in [-0.4, -0.2) is 26.6 Å². The Balaban J connectivity index is 1.31. The van der Waals surface area contributed by atoms with Crippen molar-refractivity contribution in [2.24, 2.45) is 0 Å². The highest BCUT2D eigenvalue weighted by molar-refractivity contribution is 7.71. The predicted octanol–water partition coefficient (Wildman–Crippen LogP) is 3.20. The Kier molecular flexibility index (Phi) is 5.36. The Hall–Kier alpha value is -2.78. The first-order valence-corrected chi connectivity index (χ1v) is 10.3. The lowest BCUT2D eigenvalue weighted by atomic mass is 10.1. The molecule has 0 radical (unpaired) electrons. The summed E-state index contributed by atoms with van der Waals surface area (Å²) < 4.78 is 2.58. The average Bonchev–Trinajstić information content (AvgIpc) is 3.24. The molecule has 3 aromatic rings. The molecule has 2 amide bonds. The molecule has 0 bridgehead atoms. The van der Waals surface area contributed by atoms with E-state index in [9.17, 15) is 9.59 Å². The number of aromatic nitrogens is 3. The minimum atomic E-state index is -0.176. The summed E-state index contributed by atoms with van der Waals surface area (Å²) in [4.78, 5) is 25.1. The summed E-state index contributed by atoms with van der Waals surface area (Å²) in [6.45, 7) is 0.732. The molecule has 2 heterocycles. The summed E-state index contributed by atoms with van der Waals surface area (Å²) in [7, 11) is 0. The van der Waals surface area contributed by atoms with Gasteiger partial charge in [-0.05, 0) is 54.2 Å². The molecule has 4 rings (SSSR count). The van der Waals surface area contributed by atoms with E-state index >= 15 is 0 Å². The number of hydrogen-bond donors (Lipinski definition) is 3. The highest BCUT2D eigenvalue weighted by Crippen LogP contribution is 2.35. The number of rotatable bonds is 7. The molecule has 0 saturated heterocycles. The second-order valence-electron chi connectivity index (χ2n) is 6.59. The molecule has 1 saturated carbocycles. The van der Waals surface area contributed by atoms with Gasteiger partial charge in [-0.15, -0.1) is 11.3 Å². The van der Waals surface area contributed by atoms with Crippen molar-refractivity contribution in [3.05, 3.63) is 68.4 Å². The van der Waals surface area contributed by atoms with Crippen molar-refractivity contribution in [3.8, 4) is 0 Å². The first kappa shape index (κ1) is 18.6. The third-order valence-corrected chi connectivity index (χ3v) is 5.67. The van der Waals surface area contributed by atoms with Gasteiger partial charge >= 0.3 is 0 Å². The summed E-state index contributed by atoms with van der Waals surface area (Å²) >= 11 is 6.65. The average molecular weight is 414 g/mol. The van der Waals surface area contributed by atoms with Gasteiger partial charge in [-0.2, -0.15) is 5.10 Å². The minimum absolute atomic E-state index is 0.0964. The van der Waals surface area contributed by atoms with Crippen LogP contribution in [0.4, 0.5) is 0 Å². The third kappa shape index (κ3) is 4.20. The predicted molar refractivity (Wildman–Crippen MR) is 109 cm³/mol. The summed E-state index contributed by atoms with van der Waals surface area (Å²) in [5, 5.41) is 14.6. The van der Waals surface area contributed by atoms with Crippen LogP contribution in [-0.2, 0) is 13.1 Å². The Bertz CT molecular complexity index is 1030. The van der Waals surface area contributed by atoms with Crippen LogP contribution in [0.2, 0.25) is 0 Å². The van der Waals surface area contributed by atoms with Crippen molar-refractivity contribution in [2.75, 3.05) is 0 Å². The molecule has 144 valence electrons. The van der Waals surface area contributed by atoms with Gasteiger partial charge in [-0.3, -0.25) is 19.3 Å². The van der Waals surface area contributed by atoms with E-state index in [1.807, 2.05) is 28.1 Å². The molecule has 0 spiro atoms. The number of hydrogen-bond acceptors (Lipinski definition) is 5. The molecule has 0 aliphatic heterocycles. The van der Waals surface area contributed by atoms with Crippen LogP contribution in [0.15, 0.2) is 41.8 Å². The van der Waals surface area contributed by atoms with Crippen LogP contribution in [0, 0.1) is 4.77 Å². The molecular weight excluding hydrogens is 394 g/mol. The van der Waals surface area contributed by atoms with Crippen LogP contribution in [0.1, 0.15) is 50.3 Å². The monoisotopic (exact) mass is 413 g/mol. The van der Waals surface area contributed by atoms with Crippen molar-refractivity contribution in [3.63, 3.8) is 0 Å². The van der Waals surface area contributed by atoms with E-state index in [2.05, 4.69) is 20.8 Å². The lowest BCUT2D eigenvalue weighted by molar-refractivity contribution is 0.0942. The van der Waals surface area contributed by atoms with Gasteiger partial charge < -0.3 is 10.6 Å². The second kappa shape index (κ2) is 8.07. The summed E-state index contributed by atoms with van der Waals surface area (Å²) in [5.74, 6) is 0.472. The highest BCUT2D eigenvalue weighted by Gasteiger charge is 2.27. The molecule has 1 fully saturated rings. The molecule has 1 aliphatic rings. The standard InChI is InChI=1S/C19H19N5O2S2/c25-17(21-11-16-22-23-19(27)24(16)14-7-8-14)13-5-3-12(4-6-13)10-20-18(26)15-2-1-9-28-15/h1-6,9,14H,7-8,10-11H2,(H,20,26)(H,21,25)(H,23,27). The van der Waals surface area contributed by atoms with E-state index in [0.29, 0.717) is 34.3 Å². The molecule has 3 N–H and O–H groups in total. The van der Waals surface area contributed by atoms with E-state index < -0.39 is 0 Å². The van der Waals surface area contributed by atoms with Gasteiger partial charge in [0.2, 0.25) is 0 Å². The lowest BCUT2D eigenvalue weighted by Crippen LogP contribution is -2.25. The lowest BCUT2D eigenvalue weighted by Gasteiger charge is -2.08. The van der Waals surface area contributed by atoms with Crippen LogP contribution in [0.3, 0.4) is 0 Å². The van der Waals surface area contributed by atoms with Crippen molar-refractivity contribution < 1.29 is 9.59 Å². The minimum Gasteiger partial charge on any atom is -0.347 e. The van der Waals surface area contributed by atoms with E-state index in [1.165, 1.54) is 11.3 Å². The summed E-state index contributed by atoms with van der Waals surface area (Å²) in [6, 6.07) is 11.2. The molecule has 28 heavy (non-hydrogen) atoms. The smallest absolute Gasteiger partial charge is 0.261 e. The maximum atomic E-state index is 12.4. The molecule has 2 aromatic heterocycles. The first-order valence-electron chi connectivity index (χ1n) is 8.96. The third-order valence-electron chi connectivity index (χ3n) is 4.51. The number of amides is 2. The molecule has 0 unspecified atom stereocenters. The van der Waals surface area contributed by atoms with Crippen molar-refractivity contribution >= 4 is 35.4 Å². The van der Waals surface area contributed by atoms with Crippen molar-refractivity contribution in [1.29, 1.82) is 0 Å². The fourth-order valence-electron chi connectivity index (χ4n) is 2.88. The van der Waals surface area contributed by atoms with Crippen LogP contribution < -0.4 is 10.6 Å². The number of nitrogens with one attached hydrogen (secondary N) is 3. The Morgan fingerprint density at radius 1 is 1.14 bits per heavy atom. The topological polar surface area (TPSA) is 91.8 Å². The zero-order valence-electron chi connectivity index (χ0n) is 15.0. The Labute approximate surface area is 170 Å². The molecule has 1 aromatic carbocycles. The zero-order chi connectivity index (χ0) is 19.5. The number of H-pyrrole nitrogens is 1.